The van der Waals surface area contributed by atoms with Crippen LogP contribution in [0.15, 0.2) is 30.3 Å². The van der Waals surface area contributed by atoms with Gasteiger partial charge < -0.3 is 4.74 Å². The second-order valence-electron chi connectivity index (χ2n) is 3.68. The summed E-state index contributed by atoms with van der Waals surface area (Å²) in [5.74, 6) is 0. The van der Waals surface area contributed by atoms with E-state index in [1.165, 1.54) is 19.2 Å². The van der Waals surface area contributed by atoms with E-state index in [9.17, 15) is 13.2 Å². The van der Waals surface area contributed by atoms with Gasteiger partial charge in [0.15, 0.2) is 0 Å². The third-order valence-electron chi connectivity index (χ3n) is 2.55. The summed E-state index contributed by atoms with van der Waals surface area (Å²) in [7, 11) is 1.42. The Balaban J connectivity index is 2.90. The minimum atomic E-state index is -4.40. The monoisotopic (exact) mass is 247 g/mol. The van der Waals surface area contributed by atoms with Crippen molar-refractivity contribution in [2.75, 3.05) is 18.6 Å². The van der Waals surface area contributed by atoms with Crippen LogP contribution in [0.5, 0.6) is 0 Å². The van der Waals surface area contributed by atoms with Gasteiger partial charge in [-0.15, -0.1) is 0 Å². The molecule has 1 aromatic rings. The fourth-order valence-electron chi connectivity index (χ4n) is 1.54. The molecule has 0 heterocycles. The average molecular weight is 247 g/mol. The van der Waals surface area contributed by atoms with E-state index in [1.54, 1.807) is 25.1 Å². The Morgan fingerprint density at radius 2 is 1.82 bits per heavy atom. The first-order valence-corrected chi connectivity index (χ1v) is 5.41. The Morgan fingerprint density at radius 3 is 2.24 bits per heavy atom. The summed E-state index contributed by atoms with van der Waals surface area (Å²) in [6, 6.07) is 7.74. The highest BCUT2D eigenvalue weighted by molar-refractivity contribution is 5.46. The van der Waals surface area contributed by atoms with Gasteiger partial charge in [0, 0.05) is 12.8 Å². The Morgan fingerprint density at radius 1 is 1.24 bits per heavy atom. The summed E-state index contributed by atoms with van der Waals surface area (Å²) in [6.45, 7) is 1.61. The average Bonchev–Trinajstić information content (AvgIpc) is 2.30. The van der Waals surface area contributed by atoms with Crippen LogP contribution in [0, 0.1) is 0 Å². The summed E-state index contributed by atoms with van der Waals surface area (Å²) in [5.41, 5.74) is 0.135. The number of ether oxygens (including phenoxy) is 1. The number of rotatable bonds is 5. The highest BCUT2D eigenvalue weighted by atomic mass is 19.4. The highest BCUT2D eigenvalue weighted by Crippen LogP contribution is 2.28. The fraction of sp³-hybridized carbons (Fsp3) is 0.500. The number of para-hydroxylation sites is 1. The number of nitrogens with zero attached hydrogens (tertiary/aromatic N) is 1. The Hall–Kier alpha value is -1.23. The molecule has 0 bridgehead atoms. The molecular weight excluding hydrogens is 231 g/mol. The third-order valence-corrected chi connectivity index (χ3v) is 2.55. The minimum absolute atomic E-state index is 0.135. The quantitative estimate of drug-likeness (QED) is 0.739. The van der Waals surface area contributed by atoms with E-state index in [0.717, 1.165) is 0 Å². The van der Waals surface area contributed by atoms with Gasteiger partial charge in [0.05, 0.1) is 12.6 Å². The number of methoxy groups -OCH3 is 1. The Labute approximate surface area is 99.0 Å². The molecule has 0 aliphatic heterocycles. The lowest BCUT2D eigenvalue weighted by molar-refractivity contribution is -0.133. The van der Waals surface area contributed by atoms with Gasteiger partial charge in [0.2, 0.25) is 0 Å². The van der Waals surface area contributed by atoms with Crippen LogP contribution in [-0.2, 0) is 4.74 Å². The van der Waals surface area contributed by atoms with Crippen LogP contribution in [0.4, 0.5) is 18.9 Å². The molecule has 1 atom stereocenters. The second kappa shape index (κ2) is 5.91. The molecule has 0 saturated carbocycles. The highest BCUT2D eigenvalue weighted by Gasteiger charge is 2.38. The third kappa shape index (κ3) is 3.93. The Kier molecular flexibility index (Phi) is 4.81. The van der Waals surface area contributed by atoms with Crippen molar-refractivity contribution in [3.05, 3.63) is 30.3 Å². The van der Waals surface area contributed by atoms with E-state index >= 15 is 0 Å². The molecule has 96 valence electrons. The van der Waals surface area contributed by atoms with Gasteiger partial charge in [-0.3, -0.25) is 4.90 Å². The molecule has 5 heteroatoms. The largest absolute Gasteiger partial charge is 0.485 e. The SMILES string of the molecule is CCC(CN(c1ccccc1)C(F)(F)F)OC. The lowest BCUT2D eigenvalue weighted by atomic mass is 10.2. The van der Waals surface area contributed by atoms with Crippen LogP contribution >= 0.6 is 0 Å². The molecule has 0 amide bonds. The van der Waals surface area contributed by atoms with Crippen molar-refractivity contribution in [3.8, 4) is 0 Å². The molecular formula is C12H16F3NO. The lowest BCUT2D eigenvalue weighted by Gasteiger charge is -2.30. The molecule has 0 saturated heterocycles. The van der Waals surface area contributed by atoms with Crippen LogP contribution in [-0.4, -0.2) is 26.1 Å². The second-order valence-corrected chi connectivity index (χ2v) is 3.68. The van der Waals surface area contributed by atoms with E-state index in [-0.39, 0.29) is 12.2 Å². The number of anilines is 1. The van der Waals surface area contributed by atoms with E-state index in [0.29, 0.717) is 11.3 Å². The lowest BCUT2D eigenvalue weighted by Crippen LogP contribution is -2.43. The summed E-state index contributed by atoms with van der Waals surface area (Å²) >= 11 is 0. The van der Waals surface area contributed by atoms with Crippen molar-refractivity contribution in [1.82, 2.24) is 0 Å². The summed E-state index contributed by atoms with van der Waals surface area (Å²) in [5, 5.41) is 0. The summed E-state index contributed by atoms with van der Waals surface area (Å²) in [4.78, 5) is 0.407. The zero-order chi connectivity index (χ0) is 12.9. The molecule has 0 spiro atoms. The van der Waals surface area contributed by atoms with Gasteiger partial charge in [-0.1, -0.05) is 25.1 Å². The van der Waals surface area contributed by atoms with Crippen molar-refractivity contribution in [1.29, 1.82) is 0 Å². The number of hydrogen-bond donors (Lipinski definition) is 0. The first-order chi connectivity index (χ1) is 7.99. The van der Waals surface area contributed by atoms with Crippen LogP contribution in [0.1, 0.15) is 13.3 Å². The van der Waals surface area contributed by atoms with E-state index in [4.69, 9.17) is 4.74 Å². The van der Waals surface area contributed by atoms with Gasteiger partial charge in [0.25, 0.3) is 0 Å². The number of hydrogen-bond acceptors (Lipinski definition) is 2. The predicted molar refractivity (Wildman–Crippen MR) is 60.9 cm³/mol. The van der Waals surface area contributed by atoms with E-state index in [2.05, 4.69) is 0 Å². The van der Waals surface area contributed by atoms with Gasteiger partial charge in [0.1, 0.15) is 0 Å². The standard InChI is InChI=1S/C12H16F3NO/c1-3-11(17-2)9-16(12(13,14)15)10-7-5-4-6-8-10/h4-8,11H,3,9H2,1-2H3. The summed E-state index contributed by atoms with van der Waals surface area (Å²) in [6.07, 6.45) is -4.29. The maximum Gasteiger partial charge on any atom is 0.485 e. The molecule has 1 unspecified atom stereocenters. The molecule has 1 rings (SSSR count). The van der Waals surface area contributed by atoms with Crippen molar-refractivity contribution < 1.29 is 17.9 Å². The molecule has 0 N–H and O–H groups in total. The first-order valence-electron chi connectivity index (χ1n) is 5.41. The summed E-state index contributed by atoms with van der Waals surface area (Å²) < 4.78 is 43.7. The topological polar surface area (TPSA) is 12.5 Å². The van der Waals surface area contributed by atoms with Crippen molar-refractivity contribution in [2.24, 2.45) is 0 Å². The molecule has 0 fully saturated rings. The molecule has 0 radical (unpaired) electrons. The van der Waals surface area contributed by atoms with Crippen LogP contribution in [0.3, 0.4) is 0 Å². The normalized spacial score (nSPS) is 13.5. The minimum Gasteiger partial charge on any atom is -0.380 e. The van der Waals surface area contributed by atoms with Crippen LogP contribution in [0.25, 0.3) is 0 Å². The van der Waals surface area contributed by atoms with Crippen molar-refractivity contribution in [2.45, 2.75) is 25.7 Å². The first kappa shape index (κ1) is 13.8. The van der Waals surface area contributed by atoms with Crippen molar-refractivity contribution in [3.63, 3.8) is 0 Å². The zero-order valence-corrected chi connectivity index (χ0v) is 9.87. The number of alkyl halides is 3. The zero-order valence-electron chi connectivity index (χ0n) is 9.87. The molecule has 0 aliphatic carbocycles. The predicted octanol–water partition coefficient (Wildman–Crippen LogP) is 3.44. The van der Waals surface area contributed by atoms with Crippen LogP contribution < -0.4 is 4.90 Å². The van der Waals surface area contributed by atoms with E-state index in [1.807, 2.05) is 0 Å². The van der Waals surface area contributed by atoms with Gasteiger partial charge in [-0.2, -0.15) is 13.2 Å². The smallest absolute Gasteiger partial charge is 0.380 e. The van der Waals surface area contributed by atoms with Crippen molar-refractivity contribution >= 4 is 5.69 Å². The maximum absolute atomic E-state index is 12.9. The molecule has 17 heavy (non-hydrogen) atoms. The number of benzene rings is 1. The fourth-order valence-corrected chi connectivity index (χ4v) is 1.54. The van der Waals surface area contributed by atoms with Gasteiger partial charge >= 0.3 is 6.30 Å². The molecule has 0 aliphatic rings. The molecule has 2 nitrogen and oxygen atoms in total. The molecule has 0 aromatic heterocycles. The van der Waals surface area contributed by atoms with Crippen LogP contribution in [0.2, 0.25) is 0 Å². The molecule has 1 aromatic carbocycles. The van der Waals surface area contributed by atoms with E-state index < -0.39 is 12.4 Å². The van der Waals surface area contributed by atoms with Gasteiger partial charge in [-0.25, -0.2) is 0 Å². The number of halogens is 3. The van der Waals surface area contributed by atoms with Gasteiger partial charge in [-0.05, 0) is 18.6 Å². The maximum atomic E-state index is 12.9. The Bertz CT molecular complexity index is 322.